The summed E-state index contributed by atoms with van der Waals surface area (Å²) in [7, 11) is 6.09. The van der Waals surface area contributed by atoms with Crippen molar-refractivity contribution < 1.29 is 9.28 Å². The van der Waals surface area contributed by atoms with Gasteiger partial charge in [-0.05, 0) is 0 Å². The lowest BCUT2D eigenvalue weighted by molar-refractivity contribution is -0.871. The maximum absolute atomic E-state index is 10.4. The molecule has 0 aromatic rings. The Morgan fingerprint density at radius 1 is 1.45 bits per heavy atom. The van der Waals surface area contributed by atoms with Crippen LogP contribution in [0.15, 0.2) is 0 Å². The predicted molar refractivity (Wildman–Crippen MR) is 44.7 cm³/mol. The van der Waals surface area contributed by atoms with Crippen LogP contribution in [0.2, 0.25) is 0 Å². The Morgan fingerprint density at radius 2 is 1.91 bits per heavy atom. The van der Waals surface area contributed by atoms with Crippen LogP contribution in [0.25, 0.3) is 0 Å². The van der Waals surface area contributed by atoms with Crippen LogP contribution in [0.4, 0.5) is 0 Å². The van der Waals surface area contributed by atoms with E-state index in [1.165, 1.54) is 0 Å². The Balaban J connectivity index is 3.69. The van der Waals surface area contributed by atoms with Crippen LogP contribution in [-0.2, 0) is 4.79 Å². The van der Waals surface area contributed by atoms with Gasteiger partial charge in [0.05, 0.1) is 33.7 Å². The van der Waals surface area contributed by atoms with Crippen LogP contribution < -0.4 is 11.5 Å². The van der Waals surface area contributed by atoms with Gasteiger partial charge in [0.1, 0.15) is 0 Å². The van der Waals surface area contributed by atoms with E-state index >= 15 is 0 Å². The van der Waals surface area contributed by atoms with E-state index in [9.17, 15) is 4.79 Å². The average molecular weight is 160 g/mol. The fourth-order valence-electron chi connectivity index (χ4n) is 1.03. The fourth-order valence-corrected chi connectivity index (χ4v) is 1.03. The summed E-state index contributed by atoms with van der Waals surface area (Å²) >= 11 is 0. The molecule has 0 saturated heterocycles. The summed E-state index contributed by atoms with van der Waals surface area (Å²) in [5.74, 6) is -0.328. The van der Waals surface area contributed by atoms with E-state index in [1.54, 1.807) is 0 Å². The summed E-state index contributed by atoms with van der Waals surface area (Å²) in [6, 6.07) is -0.118. The lowest BCUT2D eigenvalue weighted by atomic mass is 10.2. The average Bonchev–Trinajstić information content (AvgIpc) is 1.53. The Labute approximate surface area is 67.7 Å². The number of nitrogens with zero attached hydrogens (tertiary/aromatic N) is 1. The molecule has 1 amide bonds. The van der Waals surface area contributed by atoms with Gasteiger partial charge in [-0.25, -0.2) is 0 Å². The molecule has 0 saturated carbocycles. The third-order valence-corrected chi connectivity index (χ3v) is 1.25. The lowest BCUT2D eigenvalue weighted by Crippen LogP contribution is -2.46. The highest BCUT2D eigenvalue weighted by Crippen LogP contribution is 1.95. The minimum absolute atomic E-state index is 0.118. The zero-order chi connectivity index (χ0) is 9.07. The number of rotatable bonds is 4. The van der Waals surface area contributed by atoms with Crippen molar-refractivity contribution in [1.82, 2.24) is 0 Å². The van der Waals surface area contributed by atoms with Crippen molar-refractivity contribution in [2.24, 2.45) is 11.5 Å². The van der Waals surface area contributed by atoms with Gasteiger partial charge in [-0.1, -0.05) is 0 Å². The van der Waals surface area contributed by atoms with Crippen molar-refractivity contribution >= 4 is 5.91 Å². The molecule has 0 heterocycles. The van der Waals surface area contributed by atoms with Gasteiger partial charge in [-0.2, -0.15) is 0 Å². The predicted octanol–water partition coefficient (Wildman–Crippen LogP) is -1.10. The van der Waals surface area contributed by atoms with Crippen LogP contribution in [-0.4, -0.2) is 44.1 Å². The van der Waals surface area contributed by atoms with E-state index in [-0.39, 0.29) is 18.4 Å². The molecule has 0 aliphatic rings. The summed E-state index contributed by atoms with van der Waals surface area (Å²) in [6.45, 7) is 0.767. The first-order valence-electron chi connectivity index (χ1n) is 3.65. The summed E-state index contributed by atoms with van der Waals surface area (Å²) in [4.78, 5) is 10.4. The molecule has 0 aliphatic carbocycles. The van der Waals surface area contributed by atoms with Crippen LogP contribution >= 0.6 is 0 Å². The number of carbonyl (C=O) groups excluding carboxylic acids is 1. The molecule has 0 aromatic heterocycles. The molecular formula is C7H18N3O+. The second kappa shape index (κ2) is 3.69. The molecule has 0 aliphatic heterocycles. The van der Waals surface area contributed by atoms with E-state index in [1.807, 2.05) is 21.1 Å². The molecule has 1 unspecified atom stereocenters. The van der Waals surface area contributed by atoms with Crippen molar-refractivity contribution in [3.63, 3.8) is 0 Å². The first kappa shape index (κ1) is 10.4. The van der Waals surface area contributed by atoms with Gasteiger partial charge in [-0.3, -0.25) is 4.79 Å². The van der Waals surface area contributed by atoms with Gasteiger partial charge >= 0.3 is 0 Å². The smallest absolute Gasteiger partial charge is 0.219 e. The normalized spacial score (nSPS) is 14.5. The van der Waals surface area contributed by atoms with E-state index in [0.29, 0.717) is 0 Å². The molecule has 66 valence electrons. The third-order valence-electron chi connectivity index (χ3n) is 1.25. The topological polar surface area (TPSA) is 69.1 Å². The molecule has 0 aromatic carbocycles. The van der Waals surface area contributed by atoms with Gasteiger partial charge in [-0.15, -0.1) is 0 Å². The van der Waals surface area contributed by atoms with Gasteiger partial charge < -0.3 is 16.0 Å². The molecule has 1 atom stereocenters. The molecule has 0 radical (unpaired) electrons. The zero-order valence-corrected chi connectivity index (χ0v) is 7.50. The van der Waals surface area contributed by atoms with Crippen LogP contribution in [0.3, 0.4) is 0 Å². The van der Waals surface area contributed by atoms with Crippen molar-refractivity contribution in [1.29, 1.82) is 0 Å². The first-order valence-corrected chi connectivity index (χ1v) is 3.65. The van der Waals surface area contributed by atoms with Crippen LogP contribution in [0, 0.1) is 0 Å². The molecule has 0 bridgehead atoms. The number of nitrogens with two attached hydrogens (primary N) is 2. The van der Waals surface area contributed by atoms with Crippen molar-refractivity contribution in [3.05, 3.63) is 0 Å². The fraction of sp³-hybridized carbons (Fsp3) is 0.857. The highest BCUT2D eigenvalue weighted by atomic mass is 16.1. The summed E-state index contributed by atoms with van der Waals surface area (Å²) in [5.41, 5.74) is 10.6. The Bertz CT molecular complexity index is 139. The number of likely N-dealkylation sites (N-methyl/N-ethyl adjacent to an activating group) is 1. The second-order valence-electron chi connectivity index (χ2n) is 3.90. The molecule has 0 rings (SSSR count). The number of hydrogen-bond acceptors (Lipinski definition) is 2. The van der Waals surface area contributed by atoms with E-state index in [0.717, 1.165) is 11.0 Å². The Hall–Kier alpha value is -0.610. The summed E-state index contributed by atoms with van der Waals surface area (Å²) in [5, 5.41) is 0. The number of primary amides is 1. The van der Waals surface area contributed by atoms with Crippen molar-refractivity contribution in [2.45, 2.75) is 12.5 Å². The maximum atomic E-state index is 10.4. The number of hydrogen-bond donors (Lipinski definition) is 2. The monoisotopic (exact) mass is 160 g/mol. The molecular weight excluding hydrogens is 142 g/mol. The van der Waals surface area contributed by atoms with Crippen LogP contribution in [0.1, 0.15) is 6.42 Å². The van der Waals surface area contributed by atoms with E-state index < -0.39 is 0 Å². The quantitative estimate of drug-likeness (QED) is 0.512. The molecule has 0 fully saturated rings. The minimum Gasteiger partial charge on any atom is -0.370 e. The number of quaternary nitrogens is 1. The highest BCUT2D eigenvalue weighted by Gasteiger charge is 2.15. The van der Waals surface area contributed by atoms with Gasteiger partial charge in [0.2, 0.25) is 5.91 Å². The SMILES string of the molecule is C[N+](C)(C)CC(N)CC(N)=O. The molecule has 11 heavy (non-hydrogen) atoms. The van der Waals surface area contributed by atoms with Gasteiger partial charge in [0.15, 0.2) is 0 Å². The first-order chi connectivity index (χ1) is 4.81. The molecule has 0 spiro atoms. The van der Waals surface area contributed by atoms with Gasteiger partial charge in [0, 0.05) is 6.42 Å². The Morgan fingerprint density at radius 3 is 2.18 bits per heavy atom. The summed E-state index contributed by atoms with van der Waals surface area (Å²) < 4.78 is 0.758. The molecule has 4 N–H and O–H groups in total. The Kier molecular flexibility index (Phi) is 3.48. The van der Waals surface area contributed by atoms with Crippen molar-refractivity contribution in [2.75, 3.05) is 27.7 Å². The number of amides is 1. The van der Waals surface area contributed by atoms with E-state index in [4.69, 9.17) is 11.5 Å². The minimum atomic E-state index is -0.328. The third kappa shape index (κ3) is 7.29. The number of carbonyl (C=O) groups is 1. The van der Waals surface area contributed by atoms with E-state index in [2.05, 4.69) is 0 Å². The standard InChI is InChI=1S/C7H17N3O/c1-10(2,3)5-6(8)4-7(9)11/h6H,4-5,8H2,1-3H3,(H-,9,11)/p+1. The largest absolute Gasteiger partial charge is 0.370 e. The maximum Gasteiger partial charge on any atom is 0.219 e. The van der Waals surface area contributed by atoms with Gasteiger partial charge in [0.25, 0.3) is 0 Å². The summed E-state index contributed by atoms with van der Waals surface area (Å²) in [6.07, 6.45) is 0.273. The van der Waals surface area contributed by atoms with Crippen LogP contribution in [0.5, 0.6) is 0 Å². The molecule has 4 heteroatoms. The van der Waals surface area contributed by atoms with Crippen molar-refractivity contribution in [3.8, 4) is 0 Å². The molecule has 4 nitrogen and oxygen atoms in total. The lowest BCUT2D eigenvalue weighted by Gasteiger charge is -2.26. The highest BCUT2D eigenvalue weighted by molar-refractivity contribution is 5.74. The second-order valence-corrected chi connectivity index (χ2v) is 3.90. The zero-order valence-electron chi connectivity index (χ0n) is 7.50.